The van der Waals surface area contributed by atoms with Gasteiger partial charge in [-0.3, -0.25) is 9.59 Å². The highest BCUT2D eigenvalue weighted by molar-refractivity contribution is 9.10. The van der Waals surface area contributed by atoms with Gasteiger partial charge in [-0.15, -0.1) is 0 Å². The van der Waals surface area contributed by atoms with Crippen LogP contribution >= 0.6 is 15.9 Å². The quantitative estimate of drug-likeness (QED) is 0.210. The minimum absolute atomic E-state index is 0.173. The summed E-state index contributed by atoms with van der Waals surface area (Å²) in [6.07, 6.45) is 0.942. The monoisotopic (exact) mass is 552 g/mol. The molecule has 0 aromatic heterocycles. The lowest BCUT2D eigenvalue weighted by molar-refractivity contribution is -0.126. The van der Waals surface area contributed by atoms with Crippen LogP contribution in [0.25, 0.3) is 0 Å². The third-order valence-electron chi connectivity index (χ3n) is 4.69. The van der Waals surface area contributed by atoms with E-state index in [1.165, 1.54) is 30.5 Å². The Morgan fingerprint density at radius 1 is 1.11 bits per heavy atom. The standard InChI is InChI=1S/C26H22BrFN4O4/c1-2-35-23-12-17(11-22(27)26(23)36-16-19-6-4-3-5-18(19)14-29)15-30-32-25(34)13-24(33)31-21-9-7-20(28)8-10-21/h3-12,15H,2,13,16H2,1H3,(H,31,33)(H,32,34). The Labute approximate surface area is 215 Å². The highest BCUT2D eigenvalue weighted by atomic mass is 79.9. The van der Waals surface area contributed by atoms with E-state index in [4.69, 9.17) is 9.47 Å². The normalized spacial score (nSPS) is 10.5. The van der Waals surface area contributed by atoms with Gasteiger partial charge >= 0.3 is 0 Å². The predicted octanol–water partition coefficient (Wildman–Crippen LogP) is 4.92. The van der Waals surface area contributed by atoms with Crippen molar-refractivity contribution in [1.82, 2.24) is 5.43 Å². The van der Waals surface area contributed by atoms with Gasteiger partial charge in [0.1, 0.15) is 18.8 Å². The third kappa shape index (κ3) is 7.65. The number of hydrogen-bond donors (Lipinski definition) is 2. The van der Waals surface area contributed by atoms with Crippen LogP contribution < -0.4 is 20.2 Å². The van der Waals surface area contributed by atoms with E-state index in [0.717, 1.165) is 5.56 Å². The highest BCUT2D eigenvalue weighted by Crippen LogP contribution is 2.37. The van der Waals surface area contributed by atoms with Crippen molar-refractivity contribution in [2.75, 3.05) is 11.9 Å². The van der Waals surface area contributed by atoms with E-state index in [1.54, 1.807) is 24.3 Å². The van der Waals surface area contributed by atoms with Crippen LogP contribution in [-0.2, 0) is 16.2 Å². The molecule has 36 heavy (non-hydrogen) atoms. The number of hydrazone groups is 1. The van der Waals surface area contributed by atoms with E-state index in [1.807, 2.05) is 19.1 Å². The molecule has 3 rings (SSSR count). The molecule has 0 atom stereocenters. The Morgan fingerprint density at radius 2 is 1.86 bits per heavy atom. The number of amides is 2. The zero-order valence-corrected chi connectivity index (χ0v) is 20.8. The first-order valence-corrected chi connectivity index (χ1v) is 11.6. The average molecular weight is 553 g/mol. The maximum absolute atomic E-state index is 12.9. The number of hydrogen-bond acceptors (Lipinski definition) is 6. The minimum atomic E-state index is -0.619. The second-order valence-electron chi connectivity index (χ2n) is 7.35. The lowest BCUT2D eigenvalue weighted by Crippen LogP contribution is -2.24. The molecule has 0 bridgehead atoms. The molecule has 0 saturated carbocycles. The molecule has 8 nitrogen and oxygen atoms in total. The molecule has 10 heteroatoms. The summed E-state index contributed by atoms with van der Waals surface area (Å²) in [5, 5.41) is 15.7. The van der Waals surface area contributed by atoms with Crippen LogP contribution in [0.1, 0.15) is 30.0 Å². The number of nitriles is 1. The van der Waals surface area contributed by atoms with Gasteiger partial charge in [0.15, 0.2) is 11.5 Å². The molecule has 0 spiro atoms. The van der Waals surface area contributed by atoms with E-state index >= 15 is 0 Å². The van der Waals surface area contributed by atoms with Gasteiger partial charge < -0.3 is 14.8 Å². The molecule has 0 aliphatic rings. The largest absolute Gasteiger partial charge is 0.490 e. The van der Waals surface area contributed by atoms with E-state index in [9.17, 15) is 19.2 Å². The van der Waals surface area contributed by atoms with Crippen molar-refractivity contribution in [1.29, 1.82) is 5.26 Å². The Kier molecular flexibility index (Phi) is 9.54. The summed E-state index contributed by atoms with van der Waals surface area (Å²) in [4.78, 5) is 24.0. The number of anilines is 1. The summed E-state index contributed by atoms with van der Waals surface area (Å²) < 4.78 is 25.2. The first-order chi connectivity index (χ1) is 17.4. The van der Waals surface area contributed by atoms with Gasteiger partial charge in [-0.1, -0.05) is 18.2 Å². The fourth-order valence-electron chi connectivity index (χ4n) is 3.07. The van der Waals surface area contributed by atoms with Crippen molar-refractivity contribution in [3.63, 3.8) is 0 Å². The van der Waals surface area contributed by atoms with Gasteiger partial charge in [-0.25, -0.2) is 9.82 Å². The summed E-state index contributed by atoms with van der Waals surface area (Å²) in [6.45, 7) is 2.39. The fraction of sp³-hybridized carbons (Fsp3) is 0.154. The summed E-state index contributed by atoms with van der Waals surface area (Å²) in [5.74, 6) is -0.694. The zero-order valence-electron chi connectivity index (χ0n) is 19.3. The van der Waals surface area contributed by atoms with E-state index < -0.39 is 24.1 Å². The van der Waals surface area contributed by atoms with Crippen LogP contribution in [0, 0.1) is 17.1 Å². The molecule has 2 amide bonds. The molecule has 184 valence electrons. The van der Waals surface area contributed by atoms with Gasteiger partial charge in [0, 0.05) is 11.3 Å². The second kappa shape index (κ2) is 13.0. The van der Waals surface area contributed by atoms with Crippen molar-refractivity contribution in [2.24, 2.45) is 5.10 Å². The molecule has 0 aliphatic carbocycles. The summed E-state index contributed by atoms with van der Waals surface area (Å²) in [5.41, 5.74) is 4.54. The third-order valence-corrected chi connectivity index (χ3v) is 5.28. The van der Waals surface area contributed by atoms with Crippen LogP contribution in [0.3, 0.4) is 0 Å². The van der Waals surface area contributed by atoms with Crippen molar-refractivity contribution in [3.8, 4) is 17.6 Å². The number of rotatable bonds is 10. The van der Waals surface area contributed by atoms with Crippen LogP contribution in [0.4, 0.5) is 10.1 Å². The maximum Gasteiger partial charge on any atom is 0.249 e. The molecular weight excluding hydrogens is 531 g/mol. The van der Waals surface area contributed by atoms with E-state index in [2.05, 4.69) is 37.8 Å². The smallest absolute Gasteiger partial charge is 0.249 e. The van der Waals surface area contributed by atoms with Gasteiger partial charge in [0.2, 0.25) is 11.8 Å². The first-order valence-electron chi connectivity index (χ1n) is 10.8. The molecule has 0 radical (unpaired) electrons. The number of nitrogens with one attached hydrogen (secondary N) is 2. The number of nitrogens with zero attached hydrogens (tertiary/aromatic N) is 2. The zero-order chi connectivity index (χ0) is 25.9. The molecule has 0 fully saturated rings. The lowest BCUT2D eigenvalue weighted by atomic mass is 10.1. The predicted molar refractivity (Wildman–Crippen MR) is 136 cm³/mol. The Hall–Kier alpha value is -4.23. The van der Waals surface area contributed by atoms with Crippen LogP contribution in [0.5, 0.6) is 11.5 Å². The van der Waals surface area contributed by atoms with E-state index in [0.29, 0.717) is 39.4 Å². The highest BCUT2D eigenvalue weighted by Gasteiger charge is 2.14. The summed E-state index contributed by atoms with van der Waals surface area (Å²) in [6, 6.07) is 17.9. The first kappa shape index (κ1) is 26.4. The average Bonchev–Trinajstić information content (AvgIpc) is 2.85. The molecular formula is C26H22BrFN4O4. The van der Waals surface area contributed by atoms with Crippen molar-refractivity contribution >= 4 is 39.6 Å². The second-order valence-corrected chi connectivity index (χ2v) is 8.20. The Bertz CT molecular complexity index is 1310. The van der Waals surface area contributed by atoms with Crippen molar-refractivity contribution < 1.29 is 23.5 Å². The summed E-state index contributed by atoms with van der Waals surface area (Å²) >= 11 is 3.47. The van der Waals surface area contributed by atoms with Crippen molar-refractivity contribution in [3.05, 3.63) is 87.6 Å². The maximum atomic E-state index is 12.9. The molecule has 3 aromatic carbocycles. The van der Waals surface area contributed by atoms with Gasteiger partial charge in [0.05, 0.1) is 28.9 Å². The number of benzene rings is 3. The van der Waals surface area contributed by atoms with Gasteiger partial charge in [-0.2, -0.15) is 10.4 Å². The minimum Gasteiger partial charge on any atom is -0.490 e. The Morgan fingerprint density at radius 3 is 2.58 bits per heavy atom. The SMILES string of the molecule is CCOc1cc(C=NNC(=O)CC(=O)Nc2ccc(F)cc2)cc(Br)c1OCc1ccccc1C#N. The number of carbonyl (C=O) groups excluding carboxylic acids is 2. The van der Waals surface area contributed by atoms with Crippen LogP contribution in [-0.4, -0.2) is 24.6 Å². The number of ether oxygens (including phenoxy) is 2. The summed E-state index contributed by atoms with van der Waals surface area (Å²) in [7, 11) is 0. The van der Waals surface area contributed by atoms with Crippen molar-refractivity contribution in [2.45, 2.75) is 20.0 Å². The number of carbonyl (C=O) groups is 2. The molecule has 0 aliphatic heterocycles. The molecule has 0 heterocycles. The van der Waals surface area contributed by atoms with Gasteiger partial charge in [0.25, 0.3) is 0 Å². The molecule has 0 saturated heterocycles. The van der Waals surface area contributed by atoms with Crippen LogP contribution in [0.2, 0.25) is 0 Å². The van der Waals surface area contributed by atoms with E-state index in [-0.39, 0.29) is 6.61 Å². The Balaban J connectivity index is 1.61. The molecule has 3 aromatic rings. The topological polar surface area (TPSA) is 113 Å². The van der Waals surface area contributed by atoms with Crippen LogP contribution in [0.15, 0.2) is 70.2 Å². The number of halogens is 2. The molecule has 0 unspecified atom stereocenters. The molecule has 2 N–H and O–H groups in total. The van der Waals surface area contributed by atoms with Gasteiger partial charge in [-0.05, 0) is 70.9 Å². The fourth-order valence-corrected chi connectivity index (χ4v) is 3.65. The lowest BCUT2D eigenvalue weighted by Gasteiger charge is -2.15.